The minimum Gasteiger partial charge on any atom is -0.352 e. The van der Waals surface area contributed by atoms with Crippen molar-refractivity contribution >= 4 is 35.5 Å². The molecular weight excluding hydrogens is 385 g/mol. The van der Waals surface area contributed by atoms with Crippen LogP contribution in [0.25, 0.3) is 0 Å². The number of piperidine rings is 1. The Labute approximate surface area is 168 Å². The van der Waals surface area contributed by atoms with Crippen LogP contribution < -0.4 is 10.6 Å². The number of benzene rings is 1. The number of hydrogen-bond donors (Lipinski definition) is 2. The molecule has 8 heteroatoms. The van der Waals surface area contributed by atoms with Gasteiger partial charge < -0.3 is 15.5 Å². The smallest absolute Gasteiger partial charge is 0.317 e. The maximum atomic E-state index is 12.9. The number of likely N-dealkylation sites (tertiary alicyclic amines) is 1. The molecule has 148 valence electrons. The summed E-state index contributed by atoms with van der Waals surface area (Å²) in [4.78, 5) is 26.4. The first-order valence-electron chi connectivity index (χ1n) is 9.37. The van der Waals surface area contributed by atoms with Gasteiger partial charge in [-0.3, -0.25) is 4.79 Å². The maximum Gasteiger partial charge on any atom is 0.317 e. The lowest BCUT2D eigenvalue weighted by Gasteiger charge is -2.32. The molecular formula is C19H26FN3O2S2. The highest BCUT2D eigenvalue weighted by molar-refractivity contribution is 8.20. The highest BCUT2D eigenvalue weighted by Gasteiger charge is 2.26. The molecule has 2 saturated heterocycles. The fraction of sp³-hybridized carbons (Fsp3) is 0.579. The zero-order valence-corrected chi connectivity index (χ0v) is 16.9. The van der Waals surface area contributed by atoms with Gasteiger partial charge in [0.1, 0.15) is 5.82 Å². The van der Waals surface area contributed by atoms with Crippen LogP contribution >= 0.6 is 23.5 Å². The van der Waals surface area contributed by atoms with E-state index >= 15 is 0 Å². The molecule has 27 heavy (non-hydrogen) atoms. The van der Waals surface area contributed by atoms with E-state index in [0.717, 1.165) is 36.5 Å². The molecule has 0 aliphatic carbocycles. The Hall–Kier alpha value is -1.41. The van der Waals surface area contributed by atoms with Crippen LogP contribution in [0.2, 0.25) is 0 Å². The highest BCUT2D eigenvalue weighted by Crippen LogP contribution is 2.31. The largest absolute Gasteiger partial charge is 0.352 e. The molecule has 1 unspecified atom stereocenters. The summed E-state index contributed by atoms with van der Waals surface area (Å²) in [5.41, 5.74) is 0.872. The quantitative estimate of drug-likeness (QED) is 0.755. The summed E-state index contributed by atoms with van der Waals surface area (Å²) in [6.45, 7) is 2.48. The standard InChI is InChI=1S/C19H26FN3O2S2/c20-16-5-3-14(4-6-16)11-21-17(24)10-15-2-1-7-23(13-15)19(25)22-12-18-26-8-9-27-18/h3-6,15,18H,1-2,7-13H2,(H,21,24)(H,22,25). The fourth-order valence-corrected chi connectivity index (χ4v) is 6.02. The number of hydrogen-bond acceptors (Lipinski definition) is 4. The molecule has 0 bridgehead atoms. The Morgan fingerprint density at radius 2 is 1.89 bits per heavy atom. The lowest BCUT2D eigenvalue weighted by atomic mass is 9.94. The molecule has 1 aromatic rings. The molecule has 3 rings (SSSR count). The molecule has 0 spiro atoms. The average Bonchev–Trinajstić information content (AvgIpc) is 3.19. The van der Waals surface area contributed by atoms with Gasteiger partial charge in [-0.15, -0.1) is 23.5 Å². The van der Waals surface area contributed by atoms with Gasteiger partial charge >= 0.3 is 6.03 Å². The van der Waals surface area contributed by atoms with Crippen molar-refractivity contribution < 1.29 is 14.0 Å². The first kappa shape index (κ1) is 20.3. The molecule has 0 saturated carbocycles. The van der Waals surface area contributed by atoms with E-state index in [1.54, 1.807) is 12.1 Å². The van der Waals surface area contributed by atoms with E-state index in [-0.39, 0.29) is 23.7 Å². The van der Waals surface area contributed by atoms with Crippen LogP contribution in [0.4, 0.5) is 9.18 Å². The summed E-state index contributed by atoms with van der Waals surface area (Å²) in [6, 6.07) is 6.11. The van der Waals surface area contributed by atoms with Crippen LogP contribution in [0.1, 0.15) is 24.8 Å². The Morgan fingerprint density at radius 1 is 1.15 bits per heavy atom. The van der Waals surface area contributed by atoms with Crippen LogP contribution in [0.15, 0.2) is 24.3 Å². The number of rotatable bonds is 6. The van der Waals surface area contributed by atoms with Gasteiger partial charge in [-0.2, -0.15) is 0 Å². The number of thioether (sulfide) groups is 2. The molecule has 1 aromatic carbocycles. The van der Waals surface area contributed by atoms with Crippen molar-refractivity contribution in [3.8, 4) is 0 Å². The minimum atomic E-state index is -0.282. The Bertz CT molecular complexity index is 638. The van der Waals surface area contributed by atoms with Crippen molar-refractivity contribution in [2.75, 3.05) is 31.1 Å². The summed E-state index contributed by atoms with van der Waals surface area (Å²) in [6.07, 6.45) is 2.30. The lowest BCUT2D eigenvalue weighted by molar-refractivity contribution is -0.122. The summed E-state index contributed by atoms with van der Waals surface area (Å²) in [5.74, 6) is 2.20. The van der Waals surface area contributed by atoms with Gasteiger partial charge in [0.25, 0.3) is 0 Å². The molecule has 2 heterocycles. The molecule has 0 aromatic heterocycles. The van der Waals surface area contributed by atoms with Gasteiger partial charge in [0.15, 0.2) is 0 Å². The monoisotopic (exact) mass is 411 g/mol. The SMILES string of the molecule is O=C(CC1CCCN(C(=O)NCC2SCCS2)C1)NCc1ccc(F)cc1. The van der Waals surface area contributed by atoms with E-state index in [1.165, 1.54) is 12.1 Å². The molecule has 2 aliphatic heterocycles. The van der Waals surface area contributed by atoms with E-state index in [0.29, 0.717) is 30.6 Å². The fourth-order valence-electron chi connectivity index (χ4n) is 3.36. The summed E-state index contributed by atoms with van der Waals surface area (Å²) in [7, 11) is 0. The number of halogens is 1. The van der Waals surface area contributed by atoms with Crippen molar-refractivity contribution in [3.63, 3.8) is 0 Å². The number of carbonyl (C=O) groups excluding carboxylic acids is 2. The first-order valence-corrected chi connectivity index (χ1v) is 11.5. The van der Waals surface area contributed by atoms with Crippen LogP contribution in [0.5, 0.6) is 0 Å². The molecule has 5 nitrogen and oxygen atoms in total. The first-order chi connectivity index (χ1) is 13.1. The third kappa shape index (κ3) is 6.60. The van der Waals surface area contributed by atoms with Crippen molar-refractivity contribution in [1.82, 2.24) is 15.5 Å². The molecule has 2 aliphatic rings. The number of amides is 3. The van der Waals surface area contributed by atoms with Gasteiger partial charge in [-0.1, -0.05) is 12.1 Å². The third-order valence-corrected chi connectivity index (χ3v) is 7.83. The van der Waals surface area contributed by atoms with Crippen LogP contribution in [0, 0.1) is 11.7 Å². The van der Waals surface area contributed by atoms with Gasteiger partial charge in [-0.05, 0) is 36.5 Å². The molecule has 2 fully saturated rings. The van der Waals surface area contributed by atoms with Crippen LogP contribution in [-0.2, 0) is 11.3 Å². The minimum absolute atomic E-state index is 0.0143. The van der Waals surface area contributed by atoms with Crippen LogP contribution in [0.3, 0.4) is 0 Å². The Balaban J connectivity index is 1.38. The third-order valence-electron chi connectivity index (χ3n) is 4.79. The predicted molar refractivity (Wildman–Crippen MR) is 109 cm³/mol. The van der Waals surface area contributed by atoms with Crippen molar-refractivity contribution in [2.24, 2.45) is 5.92 Å². The lowest BCUT2D eigenvalue weighted by Crippen LogP contribution is -2.47. The molecule has 2 N–H and O–H groups in total. The zero-order valence-electron chi connectivity index (χ0n) is 15.3. The molecule has 0 radical (unpaired) electrons. The van der Waals surface area contributed by atoms with E-state index in [2.05, 4.69) is 10.6 Å². The average molecular weight is 412 g/mol. The number of carbonyl (C=O) groups is 2. The second-order valence-corrected chi connectivity index (χ2v) is 9.84. The molecule has 3 amide bonds. The number of nitrogens with one attached hydrogen (secondary N) is 2. The van der Waals surface area contributed by atoms with Gasteiger partial charge in [0, 0.05) is 44.1 Å². The van der Waals surface area contributed by atoms with Crippen LogP contribution in [-0.4, -0.2) is 52.6 Å². The summed E-state index contributed by atoms with van der Waals surface area (Å²) >= 11 is 3.80. The van der Waals surface area contributed by atoms with Gasteiger partial charge in [0.05, 0.1) is 4.58 Å². The van der Waals surface area contributed by atoms with E-state index in [4.69, 9.17) is 0 Å². The second-order valence-electron chi connectivity index (χ2n) is 6.92. The highest BCUT2D eigenvalue weighted by atomic mass is 32.2. The van der Waals surface area contributed by atoms with Gasteiger partial charge in [0.2, 0.25) is 5.91 Å². The number of urea groups is 1. The number of nitrogens with zero attached hydrogens (tertiary/aromatic N) is 1. The van der Waals surface area contributed by atoms with Crippen molar-refractivity contribution in [3.05, 3.63) is 35.6 Å². The van der Waals surface area contributed by atoms with E-state index in [9.17, 15) is 14.0 Å². The normalized spacial score (nSPS) is 20.5. The van der Waals surface area contributed by atoms with Gasteiger partial charge in [-0.25, -0.2) is 9.18 Å². The second kappa shape index (κ2) is 10.2. The Kier molecular flexibility index (Phi) is 7.70. The zero-order chi connectivity index (χ0) is 19.1. The summed E-state index contributed by atoms with van der Waals surface area (Å²) < 4.78 is 13.4. The van der Waals surface area contributed by atoms with Crippen molar-refractivity contribution in [1.29, 1.82) is 0 Å². The molecule has 1 atom stereocenters. The Morgan fingerprint density at radius 3 is 2.63 bits per heavy atom. The van der Waals surface area contributed by atoms with E-state index < -0.39 is 0 Å². The topological polar surface area (TPSA) is 61.4 Å². The summed E-state index contributed by atoms with van der Waals surface area (Å²) in [5, 5.41) is 5.92. The maximum absolute atomic E-state index is 12.9. The van der Waals surface area contributed by atoms with E-state index in [1.807, 2.05) is 28.4 Å². The predicted octanol–water partition coefficient (Wildman–Crippen LogP) is 3.06. The van der Waals surface area contributed by atoms with Crippen molar-refractivity contribution in [2.45, 2.75) is 30.4 Å².